The molecule has 1 heterocycles. The van der Waals surface area contributed by atoms with Gasteiger partial charge in [0.25, 0.3) is 0 Å². The van der Waals surface area contributed by atoms with E-state index in [9.17, 15) is 9.18 Å². The summed E-state index contributed by atoms with van der Waals surface area (Å²) in [5, 5.41) is 11.9. The fraction of sp³-hybridized carbons (Fsp3) is 0.533. The monoisotopic (exact) mass is 278 g/mol. The third-order valence-corrected chi connectivity index (χ3v) is 4.31. The number of benzene rings is 1. The Kier molecular flexibility index (Phi) is 3.61. The Labute approximate surface area is 117 Å². The van der Waals surface area contributed by atoms with Crippen LogP contribution in [0.3, 0.4) is 0 Å². The van der Waals surface area contributed by atoms with Crippen LogP contribution in [-0.2, 0) is 0 Å². The second-order valence-corrected chi connectivity index (χ2v) is 5.79. The fourth-order valence-corrected chi connectivity index (χ4v) is 2.91. The van der Waals surface area contributed by atoms with Gasteiger partial charge in [-0.25, -0.2) is 9.18 Å². The first-order valence-electron chi connectivity index (χ1n) is 7.08. The number of nitrogens with zero attached hydrogens (tertiary/aromatic N) is 1. The van der Waals surface area contributed by atoms with Gasteiger partial charge in [-0.1, -0.05) is 18.2 Å². The van der Waals surface area contributed by atoms with Gasteiger partial charge in [-0.05, 0) is 30.4 Å². The van der Waals surface area contributed by atoms with Gasteiger partial charge in [0.2, 0.25) is 0 Å². The van der Waals surface area contributed by atoms with Crippen molar-refractivity contribution >= 4 is 6.03 Å². The standard InChI is InChI=1S/C15H19FN2O2/c16-14-4-2-1-3-13(14)11-5-12(6-11)17-15(20)18-7-10(8-18)9-19/h1-4,10-12,19H,5-9H2,(H,17,20). The first-order valence-corrected chi connectivity index (χ1v) is 7.08. The second-order valence-electron chi connectivity index (χ2n) is 5.79. The summed E-state index contributed by atoms with van der Waals surface area (Å²) < 4.78 is 13.6. The Morgan fingerprint density at radius 2 is 2.05 bits per heavy atom. The summed E-state index contributed by atoms with van der Waals surface area (Å²) in [6, 6.07) is 6.92. The van der Waals surface area contributed by atoms with E-state index in [2.05, 4.69) is 5.32 Å². The van der Waals surface area contributed by atoms with E-state index in [1.54, 1.807) is 11.0 Å². The van der Waals surface area contributed by atoms with E-state index in [0.29, 0.717) is 13.1 Å². The highest BCUT2D eigenvalue weighted by Gasteiger charge is 2.36. The highest BCUT2D eigenvalue weighted by atomic mass is 19.1. The Balaban J connectivity index is 1.45. The van der Waals surface area contributed by atoms with Gasteiger partial charge in [0.1, 0.15) is 5.82 Å². The quantitative estimate of drug-likeness (QED) is 0.884. The summed E-state index contributed by atoms with van der Waals surface area (Å²) in [7, 11) is 0. The van der Waals surface area contributed by atoms with Crippen molar-refractivity contribution in [3.8, 4) is 0 Å². The zero-order valence-corrected chi connectivity index (χ0v) is 11.3. The third-order valence-electron chi connectivity index (χ3n) is 4.31. The minimum Gasteiger partial charge on any atom is -0.396 e. The number of amides is 2. The number of nitrogens with one attached hydrogen (secondary N) is 1. The largest absolute Gasteiger partial charge is 0.396 e. The molecular formula is C15H19FN2O2. The molecule has 0 atom stereocenters. The molecule has 2 N–H and O–H groups in total. The molecule has 20 heavy (non-hydrogen) atoms. The summed E-state index contributed by atoms with van der Waals surface area (Å²) in [6.07, 6.45) is 1.59. The molecule has 0 radical (unpaired) electrons. The van der Waals surface area contributed by atoms with Crippen LogP contribution in [0.1, 0.15) is 24.3 Å². The molecule has 108 valence electrons. The van der Waals surface area contributed by atoms with E-state index in [-0.39, 0.29) is 36.3 Å². The average Bonchev–Trinajstić information content (AvgIpc) is 2.33. The van der Waals surface area contributed by atoms with Gasteiger partial charge < -0.3 is 15.3 Å². The minimum atomic E-state index is -0.157. The normalized spacial score (nSPS) is 25.8. The van der Waals surface area contributed by atoms with Crippen LogP contribution >= 0.6 is 0 Å². The van der Waals surface area contributed by atoms with Gasteiger partial charge in [-0.15, -0.1) is 0 Å². The molecule has 4 nitrogen and oxygen atoms in total. The van der Waals surface area contributed by atoms with Crippen LogP contribution in [0.4, 0.5) is 9.18 Å². The first-order chi connectivity index (χ1) is 9.67. The van der Waals surface area contributed by atoms with Gasteiger partial charge in [-0.2, -0.15) is 0 Å². The van der Waals surface area contributed by atoms with Crippen molar-refractivity contribution in [2.24, 2.45) is 5.92 Å². The molecule has 3 rings (SSSR count). The van der Waals surface area contributed by atoms with Crippen molar-refractivity contribution in [3.05, 3.63) is 35.6 Å². The molecule has 5 heteroatoms. The lowest BCUT2D eigenvalue weighted by molar-refractivity contribution is 0.0739. The van der Waals surface area contributed by atoms with Gasteiger partial charge in [-0.3, -0.25) is 0 Å². The van der Waals surface area contributed by atoms with E-state index in [4.69, 9.17) is 5.11 Å². The Morgan fingerprint density at radius 1 is 1.35 bits per heavy atom. The van der Waals surface area contributed by atoms with E-state index >= 15 is 0 Å². The zero-order valence-electron chi connectivity index (χ0n) is 11.3. The number of hydrogen-bond acceptors (Lipinski definition) is 2. The number of halogens is 1. The number of aliphatic hydroxyl groups excluding tert-OH is 1. The summed E-state index contributed by atoms with van der Waals surface area (Å²) in [4.78, 5) is 13.6. The van der Waals surface area contributed by atoms with Crippen LogP contribution in [0, 0.1) is 11.7 Å². The van der Waals surface area contributed by atoms with Crippen LogP contribution in [0.2, 0.25) is 0 Å². The zero-order chi connectivity index (χ0) is 14.1. The number of rotatable bonds is 3. The van der Waals surface area contributed by atoms with E-state index in [1.165, 1.54) is 6.07 Å². The molecular weight excluding hydrogens is 259 g/mol. The minimum absolute atomic E-state index is 0.0633. The molecule has 1 aliphatic carbocycles. The van der Waals surface area contributed by atoms with Crippen LogP contribution < -0.4 is 5.32 Å². The maximum atomic E-state index is 13.6. The Morgan fingerprint density at radius 3 is 2.70 bits per heavy atom. The highest BCUT2D eigenvalue weighted by Crippen LogP contribution is 2.38. The molecule has 2 aliphatic rings. The van der Waals surface area contributed by atoms with Crippen LogP contribution in [0.25, 0.3) is 0 Å². The molecule has 2 fully saturated rings. The number of likely N-dealkylation sites (tertiary alicyclic amines) is 1. The van der Waals surface area contributed by atoms with Gasteiger partial charge in [0, 0.05) is 31.7 Å². The predicted molar refractivity (Wildman–Crippen MR) is 72.8 cm³/mol. The Hall–Kier alpha value is -1.62. The average molecular weight is 278 g/mol. The van der Waals surface area contributed by atoms with Gasteiger partial charge in [0.15, 0.2) is 0 Å². The molecule has 1 saturated heterocycles. The molecule has 1 saturated carbocycles. The maximum Gasteiger partial charge on any atom is 0.317 e. The van der Waals surface area contributed by atoms with Crippen LogP contribution in [0.15, 0.2) is 24.3 Å². The highest BCUT2D eigenvalue weighted by molar-refractivity contribution is 5.75. The number of hydrogen-bond donors (Lipinski definition) is 2. The molecule has 0 spiro atoms. The number of carbonyl (C=O) groups is 1. The van der Waals surface area contributed by atoms with E-state index < -0.39 is 0 Å². The summed E-state index contributed by atoms with van der Waals surface area (Å²) in [5.74, 6) is 0.284. The van der Waals surface area contributed by atoms with Gasteiger partial charge >= 0.3 is 6.03 Å². The second kappa shape index (κ2) is 5.40. The summed E-state index contributed by atoms with van der Waals surface area (Å²) >= 11 is 0. The SMILES string of the molecule is O=C(NC1CC(c2ccccc2F)C1)N1CC(CO)C1. The first kappa shape index (κ1) is 13.4. The predicted octanol–water partition coefficient (Wildman–Crippen LogP) is 1.71. The van der Waals surface area contributed by atoms with Crippen LogP contribution in [-0.4, -0.2) is 41.8 Å². The molecule has 2 amide bonds. The lowest BCUT2D eigenvalue weighted by Crippen LogP contribution is -2.57. The van der Waals surface area contributed by atoms with Crippen LogP contribution in [0.5, 0.6) is 0 Å². The van der Waals surface area contributed by atoms with E-state index in [1.807, 2.05) is 12.1 Å². The molecule has 0 bridgehead atoms. The molecule has 0 aromatic heterocycles. The van der Waals surface area contributed by atoms with Crippen molar-refractivity contribution in [1.82, 2.24) is 10.2 Å². The number of carbonyl (C=O) groups excluding carboxylic acids is 1. The van der Waals surface area contributed by atoms with Crippen molar-refractivity contribution in [2.45, 2.75) is 24.8 Å². The fourth-order valence-electron chi connectivity index (χ4n) is 2.91. The molecule has 1 aromatic rings. The van der Waals surface area contributed by atoms with Crippen molar-refractivity contribution < 1.29 is 14.3 Å². The van der Waals surface area contributed by atoms with Gasteiger partial charge in [0.05, 0.1) is 0 Å². The number of aliphatic hydroxyl groups is 1. The summed E-state index contributed by atoms with van der Waals surface area (Å²) in [6.45, 7) is 1.40. The molecule has 0 unspecified atom stereocenters. The van der Waals surface area contributed by atoms with Crippen molar-refractivity contribution in [2.75, 3.05) is 19.7 Å². The maximum absolute atomic E-state index is 13.6. The number of urea groups is 1. The summed E-state index contributed by atoms with van der Waals surface area (Å²) in [5.41, 5.74) is 0.752. The lowest BCUT2D eigenvalue weighted by atomic mass is 9.75. The molecule has 1 aromatic carbocycles. The van der Waals surface area contributed by atoms with Crippen molar-refractivity contribution in [3.63, 3.8) is 0 Å². The third kappa shape index (κ3) is 2.50. The topological polar surface area (TPSA) is 52.6 Å². The lowest BCUT2D eigenvalue weighted by Gasteiger charge is -2.42. The molecule has 1 aliphatic heterocycles. The smallest absolute Gasteiger partial charge is 0.317 e. The Bertz CT molecular complexity index is 496. The van der Waals surface area contributed by atoms with Crippen molar-refractivity contribution in [1.29, 1.82) is 0 Å². The van der Waals surface area contributed by atoms with E-state index in [0.717, 1.165) is 18.4 Å².